The molecule has 0 saturated carbocycles. The van der Waals surface area contributed by atoms with Crippen LogP contribution in [0.3, 0.4) is 0 Å². The number of aliphatic hydroxyl groups excluding tert-OH is 2. The van der Waals surface area contributed by atoms with Crippen LogP contribution in [0.1, 0.15) is 30.5 Å². The van der Waals surface area contributed by atoms with Gasteiger partial charge in [0.05, 0.1) is 12.1 Å². The van der Waals surface area contributed by atoms with Gasteiger partial charge < -0.3 is 31.3 Å². The first-order valence-corrected chi connectivity index (χ1v) is 13.2. The Bertz CT molecular complexity index is 1140. The van der Waals surface area contributed by atoms with E-state index in [0.717, 1.165) is 16.7 Å². The Hall–Kier alpha value is -3.72. The molecule has 3 aromatic carbocycles. The van der Waals surface area contributed by atoms with Crippen molar-refractivity contribution >= 4 is 12.0 Å². The molecule has 0 spiro atoms. The number of hydrogen-bond acceptors (Lipinski definition) is 6. The third-order valence-corrected chi connectivity index (χ3v) is 6.58. The van der Waals surface area contributed by atoms with Crippen LogP contribution in [0.4, 0.5) is 4.79 Å². The number of ether oxygens (including phenoxy) is 1. The minimum atomic E-state index is -1.36. The molecule has 0 aliphatic heterocycles. The highest BCUT2D eigenvalue weighted by molar-refractivity contribution is 5.86. The Kier molecular flexibility index (Phi) is 11.5. The van der Waals surface area contributed by atoms with Crippen LogP contribution in [0.25, 0.3) is 0 Å². The molecule has 8 heteroatoms. The number of amides is 2. The fourth-order valence-corrected chi connectivity index (χ4v) is 4.32. The molecule has 39 heavy (non-hydrogen) atoms. The molecule has 8 nitrogen and oxygen atoms in total. The Balaban J connectivity index is 1.69. The van der Waals surface area contributed by atoms with E-state index < -0.39 is 42.3 Å². The lowest BCUT2D eigenvalue weighted by Gasteiger charge is -2.32. The van der Waals surface area contributed by atoms with Crippen LogP contribution in [0.5, 0.6) is 0 Å². The van der Waals surface area contributed by atoms with Gasteiger partial charge >= 0.3 is 6.09 Å². The van der Waals surface area contributed by atoms with E-state index >= 15 is 0 Å². The van der Waals surface area contributed by atoms with E-state index in [1.165, 1.54) is 0 Å². The van der Waals surface area contributed by atoms with Gasteiger partial charge in [0.1, 0.15) is 18.8 Å². The lowest BCUT2D eigenvalue weighted by Crippen LogP contribution is -2.59. The summed E-state index contributed by atoms with van der Waals surface area (Å²) >= 11 is 0. The van der Waals surface area contributed by atoms with Gasteiger partial charge in [-0.1, -0.05) is 105 Å². The summed E-state index contributed by atoms with van der Waals surface area (Å²) in [7, 11) is 0. The number of aliphatic hydroxyl groups is 2. The fourth-order valence-electron chi connectivity index (χ4n) is 4.32. The maximum absolute atomic E-state index is 13.4. The molecule has 208 valence electrons. The molecular formula is C31H39N3O5. The first-order valence-electron chi connectivity index (χ1n) is 13.2. The van der Waals surface area contributed by atoms with Gasteiger partial charge in [0, 0.05) is 6.04 Å². The highest BCUT2D eigenvalue weighted by Gasteiger charge is 2.34. The van der Waals surface area contributed by atoms with Crippen molar-refractivity contribution in [2.24, 2.45) is 11.7 Å². The van der Waals surface area contributed by atoms with Crippen LogP contribution >= 0.6 is 0 Å². The van der Waals surface area contributed by atoms with E-state index in [-0.39, 0.29) is 18.9 Å². The van der Waals surface area contributed by atoms with Crippen molar-refractivity contribution < 1.29 is 24.5 Å². The summed E-state index contributed by atoms with van der Waals surface area (Å²) < 4.78 is 5.30. The quantitative estimate of drug-likeness (QED) is 0.229. The van der Waals surface area contributed by atoms with Gasteiger partial charge in [0.15, 0.2) is 0 Å². The fraction of sp³-hybridized carbons (Fsp3) is 0.355. The van der Waals surface area contributed by atoms with E-state index in [1.807, 2.05) is 91.0 Å². The molecule has 0 aliphatic carbocycles. The highest BCUT2D eigenvalue weighted by Crippen LogP contribution is 2.15. The SMILES string of the molecule is CC(C)[C@H](NC(=O)OCc1ccccc1)C(=O)N[C@@H](Cc1ccccc1)[C@@H](O)[C@@H](O)[C@@H](N)Cc1ccccc1. The molecule has 2 amide bonds. The van der Waals surface area contributed by atoms with Crippen molar-refractivity contribution in [3.8, 4) is 0 Å². The predicted octanol–water partition coefficient (Wildman–Crippen LogP) is 2.96. The zero-order valence-corrected chi connectivity index (χ0v) is 22.4. The molecular weight excluding hydrogens is 494 g/mol. The van der Waals surface area contributed by atoms with Crippen LogP contribution in [0.2, 0.25) is 0 Å². The van der Waals surface area contributed by atoms with E-state index in [4.69, 9.17) is 10.5 Å². The molecule has 0 aliphatic rings. The number of hydrogen-bond donors (Lipinski definition) is 5. The van der Waals surface area contributed by atoms with Gasteiger partial charge in [-0.3, -0.25) is 4.79 Å². The lowest BCUT2D eigenvalue weighted by molar-refractivity contribution is -0.126. The van der Waals surface area contributed by atoms with Crippen molar-refractivity contribution in [2.45, 2.75) is 63.6 Å². The summed E-state index contributed by atoms with van der Waals surface area (Å²) in [6, 6.07) is 25.5. The van der Waals surface area contributed by atoms with Crippen LogP contribution in [0, 0.1) is 5.92 Å². The number of nitrogens with two attached hydrogens (primary N) is 1. The number of benzene rings is 3. The second-order valence-corrected chi connectivity index (χ2v) is 10.1. The summed E-state index contributed by atoms with van der Waals surface area (Å²) in [5.41, 5.74) is 8.89. The van der Waals surface area contributed by atoms with Crippen molar-refractivity contribution in [1.82, 2.24) is 10.6 Å². The molecule has 3 aromatic rings. The molecule has 0 aromatic heterocycles. The van der Waals surface area contributed by atoms with E-state index in [9.17, 15) is 19.8 Å². The average Bonchev–Trinajstić information content (AvgIpc) is 2.95. The van der Waals surface area contributed by atoms with Crippen molar-refractivity contribution in [1.29, 1.82) is 0 Å². The van der Waals surface area contributed by atoms with Gasteiger partial charge in [-0.05, 0) is 35.4 Å². The van der Waals surface area contributed by atoms with Gasteiger partial charge in [-0.15, -0.1) is 0 Å². The molecule has 0 unspecified atom stereocenters. The summed E-state index contributed by atoms with van der Waals surface area (Å²) in [5, 5.41) is 27.6. The standard InChI is InChI=1S/C31H39N3O5/c1-21(2)27(34-31(38)39-20-24-16-10-5-11-17-24)30(37)33-26(19-23-14-8-4-9-15-23)29(36)28(35)25(32)18-22-12-6-3-7-13-22/h3-17,21,25-29,35-36H,18-20,32H2,1-2H3,(H,33,37)(H,34,38)/t25-,26-,27-,28-,29+/m0/s1. The topological polar surface area (TPSA) is 134 Å². The number of rotatable bonds is 13. The van der Waals surface area contributed by atoms with Crippen molar-refractivity contribution in [3.05, 3.63) is 108 Å². The molecule has 0 radical (unpaired) electrons. The first-order chi connectivity index (χ1) is 18.7. The largest absolute Gasteiger partial charge is 0.445 e. The maximum Gasteiger partial charge on any atom is 0.408 e. The van der Waals surface area contributed by atoms with Crippen LogP contribution < -0.4 is 16.4 Å². The third kappa shape index (κ3) is 9.51. The van der Waals surface area contributed by atoms with Crippen molar-refractivity contribution in [2.75, 3.05) is 0 Å². The second kappa shape index (κ2) is 15.0. The Labute approximate surface area is 230 Å². The zero-order valence-electron chi connectivity index (χ0n) is 22.4. The van der Waals surface area contributed by atoms with E-state index in [0.29, 0.717) is 6.42 Å². The summed E-state index contributed by atoms with van der Waals surface area (Å²) in [4.78, 5) is 25.9. The number of carbonyl (C=O) groups is 2. The van der Waals surface area contributed by atoms with Gasteiger partial charge in [0.2, 0.25) is 5.91 Å². The minimum Gasteiger partial charge on any atom is -0.445 e. The molecule has 0 bridgehead atoms. The molecule has 6 N–H and O–H groups in total. The molecule has 5 atom stereocenters. The van der Waals surface area contributed by atoms with Crippen LogP contribution in [-0.2, 0) is 29.0 Å². The van der Waals surface area contributed by atoms with Gasteiger partial charge in [0.25, 0.3) is 0 Å². The third-order valence-electron chi connectivity index (χ3n) is 6.58. The summed E-state index contributed by atoms with van der Waals surface area (Å²) in [6.07, 6.45) is -2.77. The Morgan fingerprint density at radius 2 is 1.23 bits per heavy atom. The highest BCUT2D eigenvalue weighted by atomic mass is 16.5. The molecule has 0 fully saturated rings. The summed E-state index contributed by atoms with van der Waals surface area (Å²) in [6.45, 7) is 3.67. The monoisotopic (exact) mass is 533 g/mol. The zero-order chi connectivity index (χ0) is 28.2. The normalized spacial score (nSPS) is 15.0. The second-order valence-electron chi connectivity index (χ2n) is 10.1. The average molecular weight is 534 g/mol. The van der Waals surface area contributed by atoms with E-state index in [2.05, 4.69) is 10.6 Å². The maximum atomic E-state index is 13.4. The van der Waals surface area contributed by atoms with Crippen LogP contribution in [0.15, 0.2) is 91.0 Å². The van der Waals surface area contributed by atoms with Crippen LogP contribution in [-0.4, -0.2) is 52.5 Å². The van der Waals surface area contributed by atoms with Crippen molar-refractivity contribution in [3.63, 3.8) is 0 Å². The molecule has 0 heterocycles. The van der Waals surface area contributed by atoms with Gasteiger partial charge in [-0.25, -0.2) is 4.79 Å². The first kappa shape index (κ1) is 29.8. The Morgan fingerprint density at radius 1 is 0.744 bits per heavy atom. The summed E-state index contributed by atoms with van der Waals surface area (Å²) in [5.74, 6) is -0.764. The number of carbonyl (C=O) groups excluding carboxylic acids is 2. The molecule has 3 rings (SSSR count). The smallest absolute Gasteiger partial charge is 0.408 e. The number of alkyl carbamates (subject to hydrolysis) is 1. The lowest BCUT2D eigenvalue weighted by atomic mass is 9.91. The van der Waals surface area contributed by atoms with Gasteiger partial charge in [-0.2, -0.15) is 0 Å². The predicted molar refractivity (Wildman–Crippen MR) is 151 cm³/mol. The Morgan fingerprint density at radius 3 is 1.74 bits per heavy atom. The molecule has 0 saturated heterocycles. The minimum absolute atomic E-state index is 0.0694. The number of nitrogens with one attached hydrogen (secondary N) is 2. The van der Waals surface area contributed by atoms with E-state index in [1.54, 1.807) is 13.8 Å².